The minimum Gasteiger partial charge on any atom is -0.278 e. The van der Waals surface area contributed by atoms with Crippen LogP contribution in [0.1, 0.15) is 12.8 Å². The van der Waals surface area contributed by atoms with Gasteiger partial charge in [-0.25, -0.2) is 4.90 Å². The number of hydrogen-bond donors (Lipinski definition) is 1. The highest BCUT2D eigenvalue weighted by Gasteiger charge is 2.56. The molecule has 1 aromatic heterocycles. The number of nitrogens with zero attached hydrogens (tertiary/aromatic N) is 2. The second-order valence-electron chi connectivity index (χ2n) is 6.49. The van der Waals surface area contributed by atoms with Gasteiger partial charge in [0, 0.05) is 5.39 Å². The van der Waals surface area contributed by atoms with Gasteiger partial charge in [-0.05, 0) is 42.9 Å². The predicted molar refractivity (Wildman–Crippen MR) is 80.9 cm³/mol. The van der Waals surface area contributed by atoms with Crippen molar-refractivity contribution in [1.29, 1.82) is 0 Å². The summed E-state index contributed by atoms with van der Waals surface area (Å²) in [5.41, 5.74) is 1.57. The van der Waals surface area contributed by atoms with Crippen LogP contribution in [0.2, 0.25) is 0 Å². The van der Waals surface area contributed by atoms with Crippen molar-refractivity contribution in [2.45, 2.75) is 12.8 Å². The maximum Gasteiger partial charge on any atom is 0.238 e. The molecule has 1 aliphatic heterocycles. The predicted octanol–water partition coefficient (Wildman–Crippen LogP) is 2.26. The fraction of sp³-hybridized carbons (Fsp3) is 0.353. The highest BCUT2D eigenvalue weighted by atomic mass is 16.2. The Labute approximate surface area is 127 Å². The van der Waals surface area contributed by atoms with Gasteiger partial charge in [-0.1, -0.05) is 12.2 Å². The molecule has 0 spiro atoms. The highest BCUT2D eigenvalue weighted by molar-refractivity contribution is 6.23. The molecule has 2 aromatic rings. The van der Waals surface area contributed by atoms with Crippen LogP contribution in [0.15, 0.2) is 36.5 Å². The maximum atomic E-state index is 12.9. The van der Waals surface area contributed by atoms with Gasteiger partial charge < -0.3 is 0 Å². The van der Waals surface area contributed by atoms with E-state index in [1.165, 1.54) is 4.90 Å². The summed E-state index contributed by atoms with van der Waals surface area (Å²) in [6.07, 6.45) is 8.04. The molecule has 22 heavy (non-hydrogen) atoms. The monoisotopic (exact) mass is 293 g/mol. The van der Waals surface area contributed by atoms with Crippen molar-refractivity contribution >= 4 is 28.4 Å². The first-order valence-corrected chi connectivity index (χ1v) is 7.73. The summed E-state index contributed by atoms with van der Waals surface area (Å²) >= 11 is 0. The number of carbonyl (C=O) groups is 2. The van der Waals surface area contributed by atoms with Gasteiger partial charge in [-0.3, -0.25) is 14.7 Å². The fourth-order valence-corrected chi connectivity index (χ4v) is 4.40. The zero-order valence-corrected chi connectivity index (χ0v) is 11.9. The molecule has 5 nitrogen and oxygen atoms in total. The van der Waals surface area contributed by atoms with Crippen LogP contribution in [0.25, 0.3) is 10.9 Å². The number of rotatable bonds is 1. The summed E-state index contributed by atoms with van der Waals surface area (Å²) in [7, 11) is 0. The van der Waals surface area contributed by atoms with Crippen LogP contribution in [-0.2, 0) is 9.59 Å². The molecule has 0 radical (unpaired) electrons. The third kappa shape index (κ3) is 1.41. The van der Waals surface area contributed by atoms with E-state index in [2.05, 4.69) is 22.3 Å². The van der Waals surface area contributed by atoms with Crippen molar-refractivity contribution in [3.8, 4) is 0 Å². The molecular weight excluding hydrogens is 278 g/mol. The zero-order valence-electron chi connectivity index (χ0n) is 11.9. The lowest BCUT2D eigenvalue weighted by Gasteiger charge is -2.38. The van der Waals surface area contributed by atoms with E-state index in [1.54, 1.807) is 6.20 Å². The Morgan fingerprint density at radius 2 is 1.73 bits per heavy atom. The quantitative estimate of drug-likeness (QED) is 0.648. The van der Waals surface area contributed by atoms with Gasteiger partial charge in [0.15, 0.2) is 0 Å². The van der Waals surface area contributed by atoms with Crippen LogP contribution in [0.3, 0.4) is 0 Å². The first kappa shape index (κ1) is 12.1. The highest BCUT2D eigenvalue weighted by Crippen LogP contribution is 2.50. The maximum absolute atomic E-state index is 12.9. The molecule has 6 rings (SSSR count). The number of benzene rings is 1. The average Bonchev–Trinajstić information content (AvgIpc) is 3.12. The van der Waals surface area contributed by atoms with Gasteiger partial charge in [0.05, 0.1) is 29.2 Å². The van der Waals surface area contributed by atoms with Crippen molar-refractivity contribution in [3.05, 3.63) is 36.5 Å². The summed E-state index contributed by atoms with van der Waals surface area (Å²) < 4.78 is 0. The second-order valence-corrected chi connectivity index (χ2v) is 6.49. The molecule has 2 bridgehead atoms. The molecule has 1 saturated carbocycles. The van der Waals surface area contributed by atoms with Gasteiger partial charge >= 0.3 is 0 Å². The number of aromatic amines is 1. The normalized spacial score (nSPS) is 33.0. The summed E-state index contributed by atoms with van der Waals surface area (Å²) in [4.78, 5) is 27.1. The fourth-order valence-electron chi connectivity index (χ4n) is 4.40. The van der Waals surface area contributed by atoms with Crippen molar-refractivity contribution in [2.24, 2.45) is 23.7 Å². The molecular formula is C17H15N3O2. The van der Waals surface area contributed by atoms with Crippen LogP contribution < -0.4 is 4.90 Å². The van der Waals surface area contributed by atoms with Gasteiger partial charge in [0.2, 0.25) is 11.8 Å². The lowest BCUT2D eigenvalue weighted by atomic mass is 9.63. The summed E-state index contributed by atoms with van der Waals surface area (Å²) in [5.74, 6) is 0.0876. The van der Waals surface area contributed by atoms with Crippen LogP contribution in [0.4, 0.5) is 5.69 Å². The van der Waals surface area contributed by atoms with Crippen molar-refractivity contribution in [2.75, 3.05) is 4.90 Å². The molecule has 4 unspecified atom stereocenters. The number of H-pyrrole nitrogens is 1. The molecule has 4 aliphatic rings. The van der Waals surface area contributed by atoms with Crippen molar-refractivity contribution in [1.82, 2.24) is 10.2 Å². The number of hydrogen-bond acceptors (Lipinski definition) is 3. The first-order chi connectivity index (χ1) is 10.7. The Morgan fingerprint density at radius 1 is 1.05 bits per heavy atom. The Bertz CT molecular complexity index is 805. The molecule has 5 heteroatoms. The Morgan fingerprint density at radius 3 is 2.36 bits per heavy atom. The van der Waals surface area contributed by atoms with Crippen LogP contribution >= 0.6 is 0 Å². The Balaban J connectivity index is 1.61. The molecule has 2 fully saturated rings. The van der Waals surface area contributed by atoms with Gasteiger partial charge in [-0.2, -0.15) is 5.10 Å². The number of nitrogens with one attached hydrogen (secondary N) is 1. The summed E-state index contributed by atoms with van der Waals surface area (Å²) in [6.45, 7) is 0. The topological polar surface area (TPSA) is 66.1 Å². The second kappa shape index (κ2) is 4.06. The van der Waals surface area contributed by atoms with Crippen LogP contribution in [-0.4, -0.2) is 22.0 Å². The third-order valence-electron chi connectivity index (χ3n) is 5.44. The molecule has 1 saturated heterocycles. The van der Waals surface area contributed by atoms with E-state index < -0.39 is 0 Å². The van der Waals surface area contributed by atoms with E-state index in [0.717, 1.165) is 23.7 Å². The van der Waals surface area contributed by atoms with E-state index in [0.29, 0.717) is 5.69 Å². The van der Waals surface area contributed by atoms with Crippen LogP contribution in [0, 0.1) is 23.7 Å². The van der Waals surface area contributed by atoms with E-state index >= 15 is 0 Å². The molecule has 1 N–H and O–H groups in total. The van der Waals surface area contributed by atoms with E-state index in [9.17, 15) is 9.59 Å². The number of amides is 2. The number of allylic oxidation sites excluding steroid dienone is 2. The summed E-state index contributed by atoms with van der Waals surface area (Å²) in [5, 5.41) is 7.79. The third-order valence-corrected chi connectivity index (χ3v) is 5.44. The lowest BCUT2D eigenvalue weighted by molar-refractivity contribution is -0.124. The largest absolute Gasteiger partial charge is 0.278 e. The van der Waals surface area contributed by atoms with Crippen LogP contribution in [0.5, 0.6) is 0 Å². The van der Waals surface area contributed by atoms with Gasteiger partial charge in [0.1, 0.15) is 0 Å². The van der Waals surface area contributed by atoms with Gasteiger partial charge in [0.25, 0.3) is 0 Å². The molecule has 3 aliphatic carbocycles. The first-order valence-electron chi connectivity index (χ1n) is 7.73. The van der Waals surface area contributed by atoms with Gasteiger partial charge in [-0.15, -0.1) is 0 Å². The molecule has 2 amide bonds. The molecule has 2 heterocycles. The SMILES string of the molecule is O=C1C2C3C=CC(CC3)C2C(=O)N1c1ccc2[nH]ncc2c1. The average molecular weight is 293 g/mol. The summed E-state index contributed by atoms with van der Waals surface area (Å²) in [6, 6.07) is 5.55. The molecule has 110 valence electrons. The molecule has 4 atom stereocenters. The number of fused-ring (bicyclic) bond motifs is 2. The van der Waals surface area contributed by atoms with E-state index in [-0.39, 0.29) is 35.5 Å². The number of aromatic nitrogens is 2. The standard InChI is InChI=1S/C17H15N3O2/c21-16-14-9-1-2-10(4-3-9)15(14)17(22)20(16)12-5-6-13-11(7-12)8-18-19-13/h1-2,5-10,14-15H,3-4H2,(H,18,19). The zero-order chi connectivity index (χ0) is 14.8. The van der Waals surface area contributed by atoms with E-state index in [4.69, 9.17) is 0 Å². The minimum atomic E-state index is -0.156. The number of imide groups is 1. The number of anilines is 1. The van der Waals surface area contributed by atoms with Crippen molar-refractivity contribution in [3.63, 3.8) is 0 Å². The number of carbonyl (C=O) groups excluding carboxylic acids is 2. The van der Waals surface area contributed by atoms with Crippen molar-refractivity contribution < 1.29 is 9.59 Å². The van der Waals surface area contributed by atoms with E-state index in [1.807, 2.05) is 18.2 Å². The Hall–Kier alpha value is -2.43. The molecule has 1 aromatic carbocycles. The smallest absolute Gasteiger partial charge is 0.238 e. The Kier molecular flexibility index (Phi) is 2.24. The lowest BCUT2D eigenvalue weighted by Crippen LogP contribution is -2.38. The minimum absolute atomic E-state index is 0.0307.